The summed E-state index contributed by atoms with van der Waals surface area (Å²) in [6.07, 6.45) is 4.48. The van der Waals surface area contributed by atoms with Crippen LogP contribution in [0.2, 0.25) is 0 Å². The van der Waals surface area contributed by atoms with Crippen molar-refractivity contribution in [2.24, 2.45) is 11.8 Å². The summed E-state index contributed by atoms with van der Waals surface area (Å²) in [6.45, 7) is 8.33. The number of hydrogen-bond acceptors (Lipinski definition) is 5. The zero-order valence-electron chi connectivity index (χ0n) is 17.3. The third kappa shape index (κ3) is 3.88. The van der Waals surface area contributed by atoms with E-state index < -0.39 is 0 Å². The molecule has 0 saturated heterocycles. The minimum Gasteiger partial charge on any atom is -0.398 e. The molecule has 29 heavy (non-hydrogen) atoms. The molecule has 6 nitrogen and oxygen atoms in total. The molecule has 1 aromatic carbocycles. The molecule has 4 N–H and O–H groups in total. The van der Waals surface area contributed by atoms with Crippen LogP contribution in [0.5, 0.6) is 0 Å². The number of nitrogens with two attached hydrogens (primary N) is 1. The van der Waals surface area contributed by atoms with Gasteiger partial charge in [0.1, 0.15) is 11.6 Å². The highest BCUT2D eigenvalue weighted by Gasteiger charge is 2.39. The zero-order chi connectivity index (χ0) is 20.7. The maximum Gasteiger partial charge on any atom is 0.228 e. The second-order valence-electron chi connectivity index (χ2n) is 8.30. The number of carbonyl (C=O) groups excluding carboxylic acids is 1. The lowest BCUT2D eigenvalue weighted by Crippen LogP contribution is -2.15. The predicted octanol–water partition coefficient (Wildman–Crippen LogP) is 4.60. The summed E-state index contributed by atoms with van der Waals surface area (Å²) in [5, 5.41) is 8.14. The van der Waals surface area contributed by atoms with Crippen molar-refractivity contribution < 1.29 is 4.79 Å². The van der Waals surface area contributed by atoms with E-state index in [0.717, 1.165) is 39.7 Å². The molecule has 2 aromatic heterocycles. The molecule has 3 aromatic rings. The molecule has 150 valence electrons. The highest BCUT2D eigenvalue weighted by molar-refractivity contribution is 6.00. The lowest BCUT2D eigenvalue weighted by Gasteiger charge is -2.16. The summed E-state index contributed by atoms with van der Waals surface area (Å²) < 4.78 is 0. The van der Waals surface area contributed by atoms with Crippen LogP contribution in [0.4, 0.5) is 17.3 Å². The number of nitrogens with one attached hydrogen (secondary N) is 2. The third-order valence-corrected chi connectivity index (χ3v) is 5.51. The Morgan fingerprint density at radius 3 is 2.69 bits per heavy atom. The maximum atomic E-state index is 12.3. The van der Waals surface area contributed by atoms with E-state index in [1.807, 2.05) is 24.4 Å². The van der Waals surface area contributed by atoms with Gasteiger partial charge in [0.15, 0.2) is 0 Å². The van der Waals surface area contributed by atoms with Crippen molar-refractivity contribution in [3.63, 3.8) is 0 Å². The lowest BCUT2D eigenvalue weighted by atomic mass is 9.98. The molecular weight excluding hydrogens is 362 g/mol. The molecule has 2 heterocycles. The van der Waals surface area contributed by atoms with Crippen LogP contribution in [0.1, 0.15) is 32.8 Å². The van der Waals surface area contributed by atoms with E-state index in [9.17, 15) is 4.79 Å². The molecule has 1 aliphatic carbocycles. The molecule has 6 heteroatoms. The summed E-state index contributed by atoms with van der Waals surface area (Å²) >= 11 is 0. The molecule has 4 rings (SSSR count). The quantitative estimate of drug-likeness (QED) is 0.555. The fourth-order valence-corrected chi connectivity index (χ4v) is 3.68. The van der Waals surface area contributed by atoms with Crippen LogP contribution in [0.25, 0.3) is 21.9 Å². The van der Waals surface area contributed by atoms with Crippen molar-refractivity contribution in [1.29, 1.82) is 0 Å². The maximum absolute atomic E-state index is 12.3. The summed E-state index contributed by atoms with van der Waals surface area (Å²) in [7, 11) is 0. The fraction of sp³-hybridized carbons (Fsp3) is 0.348. The smallest absolute Gasteiger partial charge is 0.228 e. The Labute approximate surface area is 170 Å². The van der Waals surface area contributed by atoms with E-state index in [0.29, 0.717) is 23.5 Å². The number of carbonyl (C=O) groups is 1. The largest absolute Gasteiger partial charge is 0.398 e. The topological polar surface area (TPSA) is 92.9 Å². The molecule has 0 radical (unpaired) electrons. The van der Waals surface area contributed by atoms with Gasteiger partial charge < -0.3 is 16.4 Å². The first-order valence-electron chi connectivity index (χ1n) is 10.1. The molecule has 0 spiro atoms. The number of rotatable bonds is 5. The normalized spacial score (nSPS) is 18.1. The molecule has 1 saturated carbocycles. The number of pyridine rings is 2. The Hall–Kier alpha value is -3.15. The van der Waals surface area contributed by atoms with E-state index >= 15 is 0 Å². The van der Waals surface area contributed by atoms with Crippen molar-refractivity contribution in [1.82, 2.24) is 9.97 Å². The van der Waals surface area contributed by atoms with E-state index in [1.54, 1.807) is 6.20 Å². The Bertz CT molecular complexity index is 1090. The van der Waals surface area contributed by atoms with Crippen LogP contribution >= 0.6 is 0 Å². The Kier molecular flexibility index (Phi) is 4.86. The van der Waals surface area contributed by atoms with E-state index in [1.165, 1.54) is 0 Å². The van der Waals surface area contributed by atoms with Gasteiger partial charge in [0.25, 0.3) is 0 Å². The van der Waals surface area contributed by atoms with Gasteiger partial charge in [-0.15, -0.1) is 0 Å². The van der Waals surface area contributed by atoms with Gasteiger partial charge in [0.05, 0.1) is 0 Å². The minimum atomic E-state index is 0.0443. The molecule has 1 amide bonds. The van der Waals surface area contributed by atoms with Gasteiger partial charge in [-0.2, -0.15) is 0 Å². The summed E-state index contributed by atoms with van der Waals surface area (Å²) in [5.41, 5.74) is 10.2. The SMILES string of the molecule is Cc1c(-c2cc(N)c3cnc(NC(=O)[C@H]4C[C@@H]4C)cc3c2)ccnc1NC(C)C. The van der Waals surface area contributed by atoms with Crippen molar-refractivity contribution in [2.75, 3.05) is 16.4 Å². The number of nitrogens with zero attached hydrogens (tertiary/aromatic N) is 2. The van der Waals surface area contributed by atoms with Crippen LogP contribution in [0.3, 0.4) is 0 Å². The minimum absolute atomic E-state index is 0.0443. The highest BCUT2D eigenvalue weighted by atomic mass is 16.2. The van der Waals surface area contributed by atoms with Crippen molar-refractivity contribution in [3.05, 3.63) is 42.2 Å². The van der Waals surface area contributed by atoms with E-state index in [4.69, 9.17) is 5.73 Å². The molecule has 1 fully saturated rings. The zero-order valence-corrected chi connectivity index (χ0v) is 17.3. The van der Waals surface area contributed by atoms with Crippen molar-refractivity contribution in [2.45, 2.75) is 40.2 Å². The number of aromatic nitrogens is 2. The standard InChI is InChI=1S/C23H27N5O/c1-12(2)27-22-14(4)17(5-6-25-22)15-8-16-10-21(26-11-19(16)20(24)9-15)28-23(29)18-7-13(18)3/h5-6,8-13,18H,7,24H2,1-4H3,(H,25,27)(H,26,28,29)/t13-,18-/m0/s1. The van der Waals surface area contributed by atoms with Gasteiger partial charge in [-0.3, -0.25) is 4.79 Å². The molecule has 0 aliphatic heterocycles. The number of fused-ring (bicyclic) bond motifs is 1. The fourth-order valence-electron chi connectivity index (χ4n) is 3.68. The van der Waals surface area contributed by atoms with Gasteiger partial charge in [-0.1, -0.05) is 6.92 Å². The van der Waals surface area contributed by atoms with E-state index in [-0.39, 0.29) is 11.8 Å². The first kappa shape index (κ1) is 19.2. The van der Waals surface area contributed by atoms with Crippen LogP contribution in [-0.4, -0.2) is 21.9 Å². The third-order valence-electron chi connectivity index (χ3n) is 5.51. The predicted molar refractivity (Wildman–Crippen MR) is 119 cm³/mol. The van der Waals surface area contributed by atoms with Gasteiger partial charge >= 0.3 is 0 Å². The Morgan fingerprint density at radius 1 is 1.24 bits per heavy atom. The van der Waals surface area contributed by atoms with Crippen molar-refractivity contribution in [3.8, 4) is 11.1 Å². The first-order chi connectivity index (χ1) is 13.8. The number of anilines is 3. The monoisotopic (exact) mass is 389 g/mol. The van der Waals surface area contributed by atoms with E-state index in [2.05, 4.69) is 54.4 Å². The summed E-state index contributed by atoms with van der Waals surface area (Å²) in [4.78, 5) is 21.1. The average molecular weight is 390 g/mol. The number of benzene rings is 1. The molecular formula is C23H27N5O. The number of amides is 1. The van der Waals surface area contributed by atoms with Crippen molar-refractivity contribution >= 4 is 34.0 Å². The van der Waals surface area contributed by atoms with Crippen LogP contribution in [0, 0.1) is 18.8 Å². The first-order valence-corrected chi connectivity index (χ1v) is 10.1. The molecule has 1 aliphatic rings. The number of nitrogen functional groups attached to an aromatic ring is 1. The Morgan fingerprint density at radius 2 is 2.00 bits per heavy atom. The second kappa shape index (κ2) is 7.35. The molecule has 0 unspecified atom stereocenters. The summed E-state index contributed by atoms with van der Waals surface area (Å²) in [5.74, 6) is 2.04. The second-order valence-corrected chi connectivity index (χ2v) is 8.30. The lowest BCUT2D eigenvalue weighted by molar-refractivity contribution is -0.117. The summed E-state index contributed by atoms with van der Waals surface area (Å²) in [6, 6.07) is 8.24. The van der Waals surface area contributed by atoms with Gasteiger partial charge in [-0.05, 0) is 79.5 Å². The average Bonchev–Trinajstić information content (AvgIpc) is 3.39. The number of hydrogen-bond donors (Lipinski definition) is 3. The molecule has 0 bridgehead atoms. The van der Waals surface area contributed by atoms with Crippen LogP contribution in [-0.2, 0) is 4.79 Å². The van der Waals surface area contributed by atoms with Gasteiger partial charge in [-0.25, -0.2) is 9.97 Å². The van der Waals surface area contributed by atoms with Gasteiger partial charge in [0, 0.05) is 35.4 Å². The highest BCUT2D eigenvalue weighted by Crippen LogP contribution is 2.38. The molecule has 2 atom stereocenters. The van der Waals surface area contributed by atoms with Gasteiger partial charge in [0.2, 0.25) is 5.91 Å². The van der Waals surface area contributed by atoms with Crippen LogP contribution < -0.4 is 16.4 Å². The van der Waals surface area contributed by atoms with Crippen LogP contribution in [0.15, 0.2) is 36.7 Å². The Balaban J connectivity index is 1.71.